The van der Waals surface area contributed by atoms with Crippen LogP contribution in [0.25, 0.3) is 0 Å². The van der Waals surface area contributed by atoms with Crippen molar-refractivity contribution >= 4 is 15.7 Å². The molecule has 2 aromatic carbocycles. The monoisotopic (exact) mass is 341 g/mol. The predicted octanol–water partition coefficient (Wildman–Crippen LogP) is 4.21. The van der Waals surface area contributed by atoms with Crippen LogP contribution in [0.5, 0.6) is 5.75 Å². The smallest absolute Gasteiger partial charge is 0.387 e. The number of nitrogens with one attached hydrogen (secondary N) is 1. The minimum Gasteiger partial charge on any atom is -0.435 e. The van der Waals surface area contributed by atoms with Crippen LogP contribution in [-0.2, 0) is 10.0 Å². The lowest BCUT2D eigenvalue weighted by molar-refractivity contribution is -0.0498. The van der Waals surface area contributed by atoms with Crippen molar-refractivity contribution in [2.45, 2.75) is 31.3 Å². The fourth-order valence-corrected chi connectivity index (χ4v) is 3.01. The highest BCUT2D eigenvalue weighted by atomic mass is 32.2. The average Bonchev–Trinajstić information content (AvgIpc) is 2.48. The van der Waals surface area contributed by atoms with E-state index in [1.165, 1.54) is 36.4 Å². The maximum absolute atomic E-state index is 12.3. The number of anilines is 1. The van der Waals surface area contributed by atoms with E-state index in [2.05, 4.69) is 9.46 Å². The third-order valence-corrected chi connectivity index (χ3v) is 4.59. The number of hydrogen-bond acceptors (Lipinski definition) is 3. The molecular weight excluding hydrogens is 324 g/mol. The first kappa shape index (κ1) is 17.2. The van der Waals surface area contributed by atoms with Crippen LogP contribution in [0, 0.1) is 0 Å². The van der Waals surface area contributed by atoms with Crippen LogP contribution in [0.15, 0.2) is 53.4 Å². The second kappa shape index (κ2) is 6.95. The standard InChI is InChI=1S/C16H17F2NO3S/c1-11(2)12-3-9-15(10-4-12)23(20,21)19-13-5-7-14(8-6-13)22-16(17)18/h3-11,16,19H,1-2H3. The lowest BCUT2D eigenvalue weighted by Crippen LogP contribution is -2.13. The van der Waals surface area contributed by atoms with E-state index >= 15 is 0 Å². The molecule has 0 radical (unpaired) electrons. The summed E-state index contributed by atoms with van der Waals surface area (Å²) in [6.45, 7) is 1.12. The highest BCUT2D eigenvalue weighted by Crippen LogP contribution is 2.22. The van der Waals surface area contributed by atoms with Gasteiger partial charge in [0.2, 0.25) is 0 Å². The van der Waals surface area contributed by atoms with Crippen molar-refractivity contribution in [3.8, 4) is 5.75 Å². The van der Waals surface area contributed by atoms with Crippen LogP contribution in [0.4, 0.5) is 14.5 Å². The second-order valence-electron chi connectivity index (χ2n) is 5.23. The lowest BCUT2D eigenvalue weighted by atomic mass is 10.0. The topological polar surface area (TPSA) is 55.4 Å². The van der Waals surface area contributed by atoms with Gasteiger partial charge in [0.05, 0.1) is 4.90 Å². The van der Waals surface area contributed by atoms with Crippen molar-refractivity contribution in [2.24, 2.45) is 0 Å². The Balaban J connectivity index is 2.14. The number of hydrogen-bond donors (Lipinski definition) is 1. The lowest BCUT2D eigenvalue weighted by Gasteiger charge is -2.11. The highest BCUT2D eigenvalue weighted by Gasteiger charge is 2.14. The molecular formula is C16H17F2NO3S. The predicted molar refractivity (Wildman–Crippen MR) is 84.4 cm³/mol. The van der Waals surface area contributed by atoms with Crippen LogP contribution in [0.3, 0.4) is 0 Å². The van der Waals surface area contributed by atoms with Gasteiger partial charge in [0.15, 0.2) is 0 Å². The molecule has 0 spiro atoms. The molecule has 2 aromatic rings. The van der Waals surface area contributed by atoms with Crippen molar-refractivity contribution in [3.63, 3.8) is 0 Å². The first-order valence-corrected chi connectivity index (χ1v) is 8.44. The van der Waals surface area contributed by atoms with E-state index in [4.69, 9.17) is 0 Å². The van der Waals surface area contributed by atoms with Crippen LogP contribution in [0.2, 0.25) is 0 Å². The van der Waals surface area contributed by atoms with E-state index in [0.29, 0.717) is 5.92 Å². The van der Waals surface area contributed by atoms with Gasteiger partial charge in [-0.3, -0.25) is 4.72 Å². The molecule has 0 aliphatic rings. The maximum Gasteiger partial charge on any atom is 0.387 e. The zero-order chi connectivity index (χ0) is 17.0. The molecule has 0 amide bonds. The van der Waals surface area contributed by atoms with Crippen LogP contribution in [0.1, 0.15) is 25.3 Å². The van der Waals surface area contributed by atoms with Gasteiger partial charge < -0.3 is 4.74 Å². The van der Waals surface area contributed by atoms with Crippen molar-refractivity contribution in [1.29, 1.82) is 0 Å². The summed E-state index contributed by atoms with van der Waals surface area (Å²) in [5.74, 6) is 0.270. The normalized spacial score (nSPS) is 11.7. The van der Waals surface area contributed by atoms with Gasteiger partial charge in [-0.05, 0) is 47.9 Å². The molecule has 0 heterocycles. The van der Waals surface area contributed by atoms with E-state index in [1.807, 2.05) is 13.8 Å². The molecule has 0 aromatic heterocycles. The molecule has 0 fully saturated rings. The Morgan fingerprint density at radius 1 is 0.957 bits per heavy atom. The SMILES string of the molecule is CC(C)c1ccc(S(=O)(=O)Nc2ccc(OC(F)F)cc2)cc1. The molecule has 0 saturated heterocycles. The number of benzene rings is 2. The molecule has 23 heavy (non-hydrogen) atoms. The van der Waals surface area contributed by atoms with Gasteiger partial charge in [0.1, 0.15) is 5.75 Å². The molecule has 0 aliphatic heterocycles. The molecule has 0 saturated carbocycles. The summed E-state index contributed by atoms with van der Waals surface area (Å²) in [5, 5.41) is 0. The van der Waals surface area contributed by atoms with Crippen LogP contribution in [-0.4, -0.2) is 15.0 Å². The Hall–Kier alpha value is -2.15. The van der Waals surface area contributed by atoms with E-state index < -0.39 is 16.6 Å². The Morgan fingerprint density at radius 3 is 2.00 bits per heavy atom. The molecule has 1 N–H and O–H groups in total. The zero-order valence-electron chi connectivity index (χ0n) is 12.7. The van der Waals surface area contributed by atoms with Crippen molar-refractivity contribution in [2.75, 3.05) is 4.72 Å². The summed E-state index contributed by atoms with van der Waals surface area (Å²) in [4.78, 5) is 0.134. The van der Waals surface area contributed by atoms with Crippen molar-refractivity contribution in [3.05, 3.63) is 54.1 Å². The number of halogens is 2. The molecule has 2 rings (SSSR count). The fraction of sp³-hybridized carbons (Fsp3) is 0.250. The zero-order valence-corrected chi connectivity index (χ0v) is 13.5. The molecule has 0 unspecified atom stereocenters. The van der Waals surface area contributed by atoms with E-state index in [9.17, 15) is 17.2 Å². The van der Waals surface area contributed by atoms with Gasteiger partial charge in [-0.1, -0.05) is 26.0 Å². The Morgan fingerprint density at radius 2 is 1.52 bits per heavy atom. The van der Waals surface area contributed by atoms with Crippen LogP contribution >= 0.6 is 0 Å². The second-order valence-corrected chi connectivity index (χ2v) is 6.91. The third kappa shape index (κ3) is 4.66. The Kier molecular flexibility index (Phi) is 5.20. The van der Waals surface area contributed by atoms with Crippen molar-refractivity contribution in [1.82, 2.24) is 0 Å². The van der Waals surface area contributed by atoms with Gasteiger partial charge in [0, 0.05) is 5.69 Å². The van der Waals surface area contributed by atoms with Crippen LogP contribution < -0.4 is 9.46 Å². The summed E-state index contributed by atoms with van der Waals surface area (Å²) in [7, 11) is -3.73. The van der Waals surface area contributed by atoms with E-state index in [-0.39, 0.29) is 16.3 Å². The van der Waals surface area contributed by atoms with Gasteiger partial charge in [-0.2, -0.15) is 8.78 Å². The number of rotatable bonds is 6. The average molecular weight is 341 g/mol. The quantitative estimate of drug-likeness (QED) is 0.856. The number of ether oxygens (including phenoxy) is 1. The summed E-state index contributed by atoms with van der Waals surface area (Å²) >= 11 is 0. The van der Waals surface area contributed by atoms with E-state index in [0.717, 1.165) is 5.56 Å². The summed E-state index contributed by atoms with van der Waals surface area (Å²) in [5.41, 5.74) is 1.30. The molecule has 7 heteroatoms. The van der Waals surface area contributed by atoms with Crippen molar-refractivity contribution < 1.29 is 21.9 Å². The molecule has 0 atom stereocenters. The van der Waals surface area contributed by atoms with Gasteiger partial charge in [-0.25, -0.2) is 8.42 Å². The van der Waals surface area contributed by atoms with E-state index in [1.54, 1.807) is 12.1 Å². The molecule has 0 aliphatic carbocycles. The molecule has 0 bridgehead atoms. The fourth-order valence-electron chi connectivity index (χ4n) is 1.95. The summed E-state index contributed by atoms with van der Waals surface area (Å²) in [6, 6.07) is 11.8. The molecule has 124 valence electrons. The summed E-state index contributed by atoms with van der Waals surface area (Å²) in [6.07, 6.45) is 0. The first-order valence-electron chi connectivity index (χ1n) is 6.95. The first-order chi connectivity index (χ1) is 10.8. The summed E-state index contributed by atoms with van der Waals surface area (Å²) < 4.78 is 55.3. The Labute approximate surface area is 134 Å². The third-order valence-electron chi connectivity index (χ3n) is 3.19. The van der Waals surface area contributed by atoms with Gasteiger partial charge in [-0.15, -0.1) is 0 Å². The largest absolute Gasteiger partial charge is 0.435 e. The molecule has 4 nitrogen and oxygen atoms in total. The minimum absolute atomic E-state index is 0.0377. The number of sulfonamides is 1. The van der Waals surface area contributed by atoms with Gasteiger partial charge in [0.25, 0.3) is 10.0 Å². The Bertz CT molecular complexity index is 742. The minimum atomic E-state index is -3.73. The maximum atomic E-state index is 12.3. The van der Waals surface area contributed by atoms with Gasteiger partial charge >= 0.3 is 6.61 Å². The highest BCUT2D eigenvalue weighted by molar-refractivity contribution is 7.92. The number of alkyl halides is 2.